The zero-order valence-electron chi connectivity index (χ0n) is 11.5. The number of hydrogen-bond donors (Lipinski definition) is 0. The van der Waals surface area contributed by atoms with Crippen molar-refractivity contribution in [3.8, 4) is 0 Å². The Morgan fingerprint density at radius 3 is 1.50 bits per heavy atom. The van der Waals surface area contributed by atoms with E-state index in [0.29, 0.717) is 11.4 Å². The quantitative estimate of drug-likeness (QED) is 0.854. The molecule has 4 nitrogen and oxygen atoms in total. The highest BCUT2D eigenvalue weighted by atomic mass is 19.1. The minimum atomic E-state index is -0.481. The van der Waals surface area contributed by atoms with Gasteiger partial charge in [0.05, 0.1) is 0 Å². The van der Waals surface area contributed by atoms with Gasteiger partial charge in [-0.2, -0.15) is 0 Å². The maximum atomic E-state index is 13.3. The molecule has 1 fully saturated rings. The van der Waals surface area contributed by atoms with Gasteiger partial charge in [-0.05, 0) is 36.4 Å². The molecule has 0 unspecified atom stereocenters. The molecule has 6 heteroatoms. The zero-order valence-corrected chi connectivity index (χ0v) is 11.5. The average molecular weight is 302 g/mol. The number of piperazine rings is 1. The number of amides is 2. The van der Waals surface area contributed by atoms with Crippen LogP contribution in [-0.4, -0.2) is 24.9 Å². The molecular formula is C16H12F2N2O2. The number of rotatable bonds is 2. The molecule has 1 aliphatic heterocycles. The number of halogens is 2. The number of benzene rings is 2. The summed E-state index contributed by atoms with van der Waals surface area (Å²) >= 11 is 0. The maximum absolute atomic E-state index is 13.3. The number of anilines is 2. The number of hydrogen-bond acceptors (Lipinski definition) is 2. The van der Waals surface area contributed by atoms with Crippen molar-refractivity contribution in [3.63, 3.8) is 0 Å². The molecule has 2 amide bonds. The first kappa shape index (κ1) is 14.2. The fraction of sp³-hybridized carbons (Fsp3) is 0.125. The standard InChI is InChI=1S/C16H12F2N2O2/c17-11-3-1-5-13(7-11)19-9-16(22)20(10-15(19)21)14-6-2-4-12(18)8-14/h1-8H,9-10H2. The van der Waals surface area contributed by atoms with Crippen LogP contribution in [-0.2, 0) is 9.59 Å². The highest BCUT2D eigenvalue weighted by Crippen LogP contribution is 2.23. The minimum Gasteiger partial charge on any atom is -0.301 e. The van der Waals surface area contributed by atoms with E-state index >= 15 is 0 Å². The van der Waals surface area contributed by atoms with Crippen molar-refractivity contribution in [2.24, 2.45) is 0 Å². The first-order valence-corrected chi connectivity index (χ1v) is 6.66. The van der Waals surface area contributed by atoms with E-state index < -0.39 is 11.6 Å². The van der Waals surface area contributed by atoms with Crippen LogP contribution in [0.2, 0.25) is 0 Å². The summed E-state index contributed by atoms with van der Waals surface area (Å²) in [4.78, 5) is 26.9. The van der Waals surface area contributed by atoms with Crippen molar-refractivity contribution in [1.82, 2.24) is 0 Å². The Kier molecular flexibility index (Phi) is 3.58. The second kappa shape index (κ2) is 5.55. The van der Waals surface area contributed by atoms with Gasteiger partial charge in [0.1, 0.15) is 24.7 Å². The third-order valence-electron chi connectivity index (χ3n) is 3.43. The summed E-state index contributed by atoms with van der Waals surface area (Å²) in [5.74, 6) is -1.67. The summed E-state index contributed by atoms with van der Waals surface area (Å²) in [5.41, 5.74) is 0.662. The van der Waals surface area contributed by atoms with Gasteiger partial charge < -0.3 is 9.80 Å². The van der Waals surface area contributed by atoms with E-state index in [1.165, 1.54) is 46.2 Å². The molecule has 0 radical (unpaired) electrons. The van der Waals surface area contributed by atoms with Crippen LogP contribution in [0.4, 0.5) is 20.2 Å². The molecule has 1 heterocycles. The van der Waals surface area contributed by atoms with Gasteiger partial charge in [0.25, 0.3) is 0 Å². The van der Waals surface area contributed by atoms with Crippen LogP contribution < -0.4 is 9.80 Å². The Morgan fingerprint density at radius 2 is 1.14 bits per heavy atom. The third-order valence-corrected chi connectivity index (χ3v) is 3.43. The lowest BCUT2D eigenvalue weighted by molar-refractivity contribution is -0.125. The van der Waals surface area contributed by atoms with Gasteiger partial charge in [-0.3, -0.25) is 9.59 Å². The van der Waals surface area contributed by atoms with Gasteiger partial charge in [0.2, 0.25) is 11.8 Å². The number of nitrogens with zero attached hydrogens (tertiary/aromatic N) is 2. The summed E-state index contributed by atoms with van der Waals surface area (Å²) in [6.07, 6.45) is 0. The molecule has 0 atom stereocenters. The van der Waals surface area contributed by atoms with E-state index in [9.17, 15) is 18.4 Å². The first-order valence-electron chi connectivity index (χ1n) is 6.66. The van der Waals surface area contributed by atoms with Gasteiger partial charge in [-0.25, -0.2) is 8.78 Å². The van der Waals surface area contributed by atoms with Crippen LogP contribution in [0.25, 0.3) is 0 Å². The van der Waals surface area contributed by atoms with Crippen LogP contribution in [0.15, 0.2) is 48.5 Å². The minimum absolute atomic E-state index is 0.210. The predicted octanol–water partition coefficient (Wildman–Crippen LogP) is 2.34. The molecule has 0 saturated carbocycles. The lowest BCUT2D eigenvalue weighted by atomic mass is 10.2. The van der Waals surface area contributed by atoms with E-state index in [4.69, 9.17) is 0 Å². The van der Waals surface area contributed by atoms with Crippen LogP contribution in [0.1, 0.15) is 0 Å². The SMILES string of the molecule is O=C1CN(c2cccc(F)c2)C(=O)CN1c1cccc(F)c1. The van der Waals surface area contributed by atoms with Crippen molar-refractivity contribution in [3.05, 3.63) is 60.2 Å². The molecule has 0 spiro atoms. The second-order valence-corrected chi connectivity index (χ2v) is 4.92. The Morgan fingerprint density at radius 1 is 0.727 bits per heavy atom. The van der Waals surface area contributed by atoms with E-state index in [-0.39, 0.29) is 24.9 Å². The maximum Gasteiger partial charge on any atom is 0.247 e. The molecule has 0 aromatic heterocycles. The van der Waals surface area contributed by atoms with Gasteiger partial charge in [0, 0.05) is 11.4 Å². The van der Waals surface area contributed by atoms with Crippen molar-refractivity contribution in [2.75, 3.05) is 22.9 Å². The molecule has 112 valence electrons. The van der Waals surface area contributed by atoms with Gasteiger partial charge in [-0.15, -0.1) is 0 Å². The van der Waals surface area contributed by atoms with Crippen molar-refractivity contribution >= 4 is 23.2 Å². The Labute approximate surface area is 125 Å². The Hall–Kier alpha value is -2.76. The van der Waals surface area contributed by atoms with Gasteiger partial charge in [-0.1, -0.05) is 12.1 Å². The molecule has 1 saturated heterocycles. The summed E-state index contributed by atoms with van der Waals surface area (Å²) in [5, 5.41) is 0. The fourth-order valence-corrected chi connectivity index (χ4v) is 2.38. The van der Waals surface area contributed by atoms with Crippen molar-refractivity contribution in [1.29, 1.82) is 0 Å². The molecule has 22 heavy (non-hydrogen) atoms. The molecule has 2 aromatic carbocycles. The molecule has 0 bridgehead atoms. The Bertz CT molecular complexity index is 685. The largest absolute Gasteiger partial charge is 0.301 e. The fourth-order valence-electron chi connectivity index (χ4n) is 2.38. The van der Waals surface area contributed by atoms with E-state index in [0.717, 1.165) is 0 Å². The van der Waals surface area contributed by atoms with Crippen LogP contribution in [0.5, 0.6) is 0 Å². The molecule has 0 N–H and O–H groups in total. The topological polar surface area (TPSA) is 40.6 Å². The highest BCUT2D eigenvalue weighted by Gasteiger charge is 2.31. The summed E-state index contributed by atoms with van der Waals surface area (Å²) in [6.45, 7) is -0.419. The van der Waals surface area contributed by atoms with Gasteiger partial charge in [0.15, 0.2) is 0 Å². The molecular weight excluding hydrogens is 290 g/mol. The van der Waals surface area contributed by atoms with Crippen LogP contribution in [0.3, 0.4) is 0 Å². The predicted molar refractivity (Wildman–Crippen MR) is 77.5 cm³/mol. The van der Waals surface area contributed by atoms with Gasteiger partial charge >= 0.3 is 0 Å². The van der Waals surface area contributed by atoms with Crippen molar-refractivity contribution in [2.45, 2.75) is 0 Å². The smallest absolute Gasteiger partial charge is 0.247 e. The first-order chi connectivity index (χ1) is 10.5. The highest BCUT2D eigenvalue weighted by molar-refractivity contribution is 6.12. The zero-order chi connectivity index (χ0) is 15.7. The molecule has 2 aromatic rings. The lowest BCUT2D eigenvalue weighted by Crippen LogP contribution is -2.54. The normalized spacial score (nSPS) is 15.4. The van der Waals surface area contributed by atoms with Crippen LogP contribution >= 0.6 is 0 Å². The average Bonchev–Trinajstić information content (AvgIpc) is 2.49. The second-order valence-electron chi connectivity index (χ2n) is 4.92. The molecule has 1 aliphatic rings. The monoisotopic (exact) mass is 302 g/mol. The van der Waals surface area contributed by atoms with E-state index in [2.05, 4.69) is 0 Å². The van der Waals surface area contributed by atoms with E-state index in [1.54, 1.807) is 12.1 Å². The van der Waals surface area contributed by atoms with Crippen molar-refractivity contribution < 1.29 is 18.4 Å². The lowest BCUT2D eigenvalue weighted by Gasteiger charge is -2.33. The van der Waals surface area contributed by atoms with E-state index in [1.807, 2.05) is 0 Å². The molecule has 3 rings (SSSR count). The number of carbonyl (C=O) groups excluding carboxylic acids is 2. The summed E-state index contributed by atoms with van der Waals surface area (Å²) in [6, 6.07) is 11.0. The Balaban J connectivity index is 1.86. The summed E-state index contributed by atoms with van der Waals surface area (Å²) in [7, 11) is 0. The van der Waals surface area contributed by atoms with Crippen LogP contribution in [0, 0.1) is 11.6 Å². The summed E-state index contributed by atoms with van der Waals surface area (Å²) < 4.78 is 26.5. The number of carbonyl (C=O) groups is 2. The third kappa shape index (κ3) is 2.67. The molecule has 0 aliphatic carbocycles.